The molecule has 0 fully saturated rings. The maximum atomic E-state index is 12.1. The lowest BCUT2D eigenvalue weighted by molar-refractivity contribution is -0.129. The Morgan fingerprint density at radius 1 is 1.38 bits per heavy atom. The Morgan fingerprint density at radius 2 is 2.10 bits per heavy atom. The fraction of sp³-hybridized carbons (Fsp3) is 0.214. The monoisotopic (exact) mass is 287 g/mol. The zero-order chi connectivity index (χ0) is 15.2. The van der Waals surface area contributed by atoms with Crippen LogP contribution in [0.25, 0.3) is 0 Å². The molecule has 0 aliphatic rings. The van der Waals surface area contributed by atoms with Crippen molar-refractivity contribution in [3.05, 3.63) is 53.3 Å². The highest BCUT2D eigenvalue weighted by molar-refractivity contribution is 5.97. The van der Waals surface area contributed by atoms with Crippen molar-refractivity contribution in [2.75, 3.05) is 7.05 Å². The zero-order valence-electron chi connectivity index (χ0n) is 11.7. The van der Waals surface area contributed by atoms with Crippen molar-refractivity contribution in [1.29, 1.82) is 0 Å². The summed E-state index contributed by atoms with van der Waals surface area (Å²) < 4.78 is 0. The Morgan fingerprint density at radius 3 is 2.67 bits per heavy atom. The third-order valence-corrected chi connectivity index (χ3v) is 3.11. The molecule has 0 spiro atoms. The van der Waals surface area contributed by atoms with Crippen molar-refractivity contribution in [2.24, 2.45) is 10.9 Å². The number of hydrogen-bond donors (Lipinski definition) is 3. The summed E-state index contributed by atoms with van der Waals surface area (Å²) in [5.74, 6) is 0.0534. The highest BCUT2D eigenvalue weighted by atomic mass is 16.4. The van der Waals surface area contributed by atoms with Crippen LogP contribution in [0.1, 0.15) is 16.7 Å². The highest BCUT2D eigenvalue weighted by Crippen LogP contribution is 2.08. The molecule has 0 bridgehead atoms. The van der Waals surface area contributed by atoms with Gasteiger partial charge in [-0.15, -0.1) is 0 Å². The van der Waals surface area contributed by atoms with Gasteiger partial charge in [-0.25, -0.2) is 0 Å². The van der Waals surface area contributed by atoms with E-state index in [1.165, 1.54) is 0 Å². The number of amidine groups is 1. The molecule has 0 radical (unpaired) electrons. The van der Waals surface area contributed by atoms with E-state index in [0.717, 1.165) is 11.1 Å². The highest BCUT2D eigenvalue weighted by Gasteiger charge is 2.11. The van der Waals surface area contributed by atoms with Crippen LogP contribution < -0.4 is 5.73 Å². The summed E-state index contributed by atoms with van der Waals surface area (Å²) in [6.45, 7) is 0.511. The lowest BCUT2D eigenvalue weighted by Gasteiger charge is -2.16. The molecular formula is C14H17N5O2. The topological polar surface area (TPSA) is 108 Å². The number of aromatic nitrogens is 2. The Bertz CT molecular complexity index is 619. The van der Waals surface area contributed by atoms with Crippen LogP contribution >= 0.6 is 0 Å². The number of nitrogens with zero attached hydrogens (tertiary/aromatic N) is 3. The van der Waals surface area contributed by atoms with Gasteiger partial charge in [0.05, 0.1) is 12.6 Å². The standard InChI is InChI=1S/C14H17N5O2/c1-19(9-11-7-16-17-8-11)13(20)6-10-2-4-12(5-3-10)14(15)18-21/h2-5,7-8,21H,6,9H2,1H3,(H2,15,18)(H,16,17). The van der Waals surface area contributed by atoms with E-state index in [4.69, 9.17) is 10.9 Å². The predicted octanol–water partition coefficient (Wildman–Crippen LogP) is 0.705. The number of likely N-dealkylation sites (N-methyl/N-ethyl adjacent to an activating group) is 1. The van der Waals surface area contributed by atoms with Crippen LogP contribution in [-0.4, -0.2) is 39.1 Å². The second-order valence-electron chi connectivity index (χ2n) is 4.72. The average Bonchev–Trinajstić information content (AvgIpc) is 3.00. The van der Waals surface area contributed by atoms with Crippen molar-refractivity contribution in [1.82, 2.24) is 15.1 Å². The summed E-state index contributed by atoms with van der Waals surface area (Å²) in [7, 11) is 1.75. The van der Waals surface area contributed by atoms with Crippen LogP contribution in [0, 0.1) is 0 Å². The number of aromatic amines is 1. The first-order valence-corrected chi connectivity index (χ1v) is 6.38. The molecule has 0 aliphatic heterocycles. The molecule has 0 saturated carbocycles. The normalized spacial score (nSPS) is 11.4. The van der Waals surface area contributed by atoms with E-state index in [0.29, 0.717) is 18.5 Å². The quantitative estimate of drug-likeness (QED) is 0.325. The molecule has 1 amide bonds. The van der Waals surface area contributed by atoms with Gasteiger partial charge in [0.15, 0.2) is 5.84 Å². The minimum absolute atomic E-state index is 0.00717. The molecule has 1 heterocycles. The predicted molar refractivity (Wildman–Crippen MR) is 77.7 cm³/mol. The minimum atomic E-state index is 0.00717. The smallest absolute Gasteiger partial charge is 0.227 e. The molecule has 1 aromatic carbocycles. The number of benzene rings is 1. The average molecular weight is 287 g/mol. The number of hydrogen-bond acceptors (Lipinski definition) is 4. The van der Waals surface area contributed by atoms with E-state index < -0.39 is 0 Å². The van der Waals surface area contributed by atoms with Gasteiger partial charge in [0.2, 0.25) is 5.91 Å². The number of carbonyl (C=O) groups excluding carboxylic acids is 1. The SMILES string of the molecule is CN(Cc1cn[nH]c1)C(=O)Cc1ccc(C(N)=NO)cc1. The molecule has 2 rings (SSSR count). The molecular weight excluding hydrogens is 270 g/mol. The van der Waals surface area contributed by atoms with Crippen LogP contribution in [0.2, 0.25) is 0 Å². The molecule has 7 nitrogen and oxygen atoms in total. The van der Waals surface area contributed by atoms with Crippen molar-refractivity contribution >= 4 is 11.7 Å². The fourth-order valence-corrected chi connectivity index (χ4v) is 1.89. The number of carbonyl (C=O) groups is 1. The summed E-state index contributed by atoms with van der Waals surface area (Å²) in [4.78, 5) is 13.8. The molecule has 4 N–H and O–H groups in total. The number of oxime groups is 1. The first-order valence-electron chi connectivity index (χ1n) is 6.38. The van der Waals surface area contributed by atoms with Crippen molar-refractivity contribution in [2.45, 2.75) is 13.0 Å². The molecule has 0 aliphatic carbocycles. The number of nitrogens with two attached hydrogens (primary N) is 1. The van der Waals surface area contributed by atoms with Gasteiger partial charge >= 0.3 is 0 Å². The van der Waals surface area contributed by atoms with Crippen LogP contribution in [-0.2, 0) is 17.8 Å². The van der Waals surface area contributed by atoms with Crippen LogP contribution in [0.5, 0.6) is 0 Å². The van der Waals surface area contributed by atoms with Gasteiger partial charge in [0.25, 0.3) is 0 Å². The molecule has 7 heteroatoms. The molecule has 21 heavy (non-hydrogen) atoms. The molecule has 2 aromatic rings. The van der Waals surface area contributed by atoms with Crippen LogP contribution in [0.4, 0.5) is 0 Å². The maximum Gasteiger partial charge on any atom is 0.227 e. The third kappa shape index (κ3) is 3.82. The Kier molecular flexibility index (Phi) is 4.55. The first kappa shape index (κ1) is 14.6. The summed E-state index contributed by atoms with van der Waals surface area (Å²) in [5, 5.41) is 18.1. The summed E-state index contributed by atoms with van der Waals surface area (Å²) >= 11 is 0. The molecule has 0 atom stereocenters. The van der Waals surface area contributed by atoms with Gasteiger partial charge in [-0.05, 0) is 5.56 Å². The van der Waals surface area contributed by atoms with E-state index in [1.807, 2.05) is 0 Å². The molecule has 1 aromatic heterocycles. The summed E-state index contributed by atoms with van der Waals surface area (Å²) in [6.07, 6.45) is 3.75. The molecule has 110 valence electrons. The molecule has 0 unspecified atom stereocenters. The van der Waals surface area contributed by atoms with Crippen molar-refractivity contribution < 1.29 is 10.0 Å². The fourth-order valence-electron chi connectivity index (χ4n) is 1.89. The number of rotatable bonds is 5. The van der Waals surface area contributed by atoms with Gasteiger partial charge < -0.3 is 15.8 Å². The van der Waals surface area contributed by atoms with Crippen LogP contribution in [0.3, 0.4) is 0 Å². The Labute approximate surface area is 122 Å². The lowest BCUT2D eigenvalue weighted by Crippen LogP contribution is -2.27. The maximum absolute atomic E-state index is 12.1. The van der Waals surface area contributed by atoms with Gasteiger partial charge in [0.1, 0.15) is 0 Å². The van der Waals surface area contributed by atoms with E-state index in [2.05, 4.69) is 15.4 Å². The van der Waals surface area contributed by atoms with Crippen LogP contribution in [0.15, 0.2) is 41.8 Å². The summed E-state index contributed by atoms with van der Waals surface area (Å²) in [6, 6.07) is 7.01. The third-order valence-electron chi connectivity index (χ3n) is 3.11. The minimum Gasteiger partial charge on any atom is -0.409 e. The van der Waals surface area contributed by atoms with Gasteiger partial charge in [-0.3, -0.25) is 9.89 Å². The van der Waals surface area contributed by atoms with Crippen molar-refractivity contribution in [3.63, 3.8) is 0 Å². The lowest BCUT2D eigenvalue weighted by atomic mass is 10.1. The van der Waals surface area contributed by atoms with E-state index in [-0.39, 0.29) is 11.7 Å². The van der Waals surface area contributed by atoms with Gasteiger partial charge in [-0.2, -0.15) is 5.10 Å². The van der Waals surface area contributed by atoms with Gasteiger partial charge in [-0.1, -0.05) is 29.4 Å². The molecule has 0 saturated heterocycles. The number of amides is 1. The van der Waals surface area contributed by atoms with Crippen molar-refractivity contribution in [3.8, 4) is 0 Å². The van der Waals surface area contributed by atoms with E-state index in [9.17, 15) is 4.79 Å². The first-order chi connectivity index (χ1) is 10.1. The van der Waals surface area contributed by atoms with E-state index >= 15 is 0 Å². The zero-order valence-corrected chi connectivity index (χ0v) is 11.7. The number of H-pyrrole nitrogens is 1. The Hall–Kier alpha value is -2.83. The Balaban J connectivity index is 1.96. The van der Waals surface area contributed by atoms with E-state index in [1.54, 1.807) is 48.6 Å². The number of nitrogens with one attached hydrogen (secondary N) is 1. The second-order valence-corrected chi connectivity index (χ2v) is 4.72. The largest absolute Gasteiger partial charge is 0.409 e. The summed E-state index contributed by atoms with van der Waals surface area (Å²) in [5.41, 5.74) is 7.92. The second kappa shape index (κ2) is 6.56. The van der Waals surface area contributed by atoms with Gasteiger partial charge in [0, 0.05) is 30.9 Å².